The maximum Gasteiger partial charge on any atom is 0.224 e. The molecule has 1 aromatic rings. The van der Waals surface area contributed by atoms with Crippen molar-refractivity contribution in [3.8, 4) is 0 Å². The molecule has 5 nitrogen and oxygen atoms in total. The number of rotatable bonds is 4. The molecule has 0 bridgehead atoms. The second-order valence-electron chi connectivity index (χ2n) is 5.10. The van der Waals surface area contributed by atoms with Crippen LogP contribution in [0.2, 0.25) is 0 Å². The molecule has 6 heteroatoms. The molecule has 0 aromatic carbocycles. The van der Waals surface area contributed by atoms with Crippen molar-refractivity contribution < 1.29 is 4.39 Å². The molecular formula is C13H22FN5. The lowest BCUT2D eigenvalue weighted by Gasteiger charge is -2.36. The fourth-order valence-corrected chi connectivity index (χ4v) is 2.39. The van der Waals surface area contributed by atoms with Crippen LogP contribution in [0.25, 0.3) is 0 Å². The molecule has 19 heavy (non-hydrogen) atoms. The van der Waals surface area contributed by atoms with E-state index in [1.807, 2.05) is 11.8 Å². The van der Waals surface area contributed by atoms with Gasteiger partial charge in [-0.1, -0.05) is 0 Å². The van der Waals surface area contributed by atoms with E-state index in [2.05, 4.69) is 34.3 Å². The van der Waals surface area contributed by atoms with E-state index in [-0.39, 0.29) is 5.82 Å². The Labute approximate surface area is 113 Å². The Balaban J connectivity index is 2.17. The number of piperidine rings is 1. The second kappa shape index (κ2) is 6.14. The molecule has 1 fully saturated rings. The van der Waals surface area contributed by atoms with Crippen molar-refractivity contribution in [2.24, 2.45) is 0 Å². The monoisotopic (exact) mass is 267 g/mol. The highest BCUT2D eigenvalue weighted by molar-refractivity contribution is 5.44. The minimum Gasteiger partial charge on any atom is -0.354 e. The highest BCUT2D eigenvalue weighted by Gasteiger charge is 2.24. The third-order valence-electron chi connectivity index (χ3n) is 3.49. The summed E-state index contributed by atoms with van der Waals surface area (Å²) in [7, 11) is 4.13. The van der Waals surface area contributed by atoms with E-state index in [1.165, 1.54) is 6.20 Å². The van der Waals surface area contributed by atoms with Crippen molar-refractivity contribution in [2.45, 2.75) is 25.8 Å². The molecule has 1 aliphatic heterocycles. The molecule has 0 spiro atoms. The highest BCUT2D eigenvalue weighted by atomic mass is 19.1. The summed E-state index contributed by atoms with van der Waals surface area (Å²) < 4.78 is 13.9. The molecule has 1 saturated heterocycles. The van der Waals surface area contributed by atoms with Gasteiger partial charge in [0.2, 0.25) is 5.95 Å². The van der Waals surface area contributed by atoms with Gasteiger partial charge in [0.25, 0.3) is 0 Å². The molecule has 2 heterocycles. The molecule has 106 valence electrons. The van der Waals surface area contributed by atoms with E-state index < -0.39 is 0 Å². The maximum atomic E-state index is 13.9. The van der Waals surface area contributed by atoms with Gasteiger partial charge in [-0.25, -0.2) is 9.37 Å². The average Bonchev–Trinajstić information content (AvgIpc) is 2.41. The predicted molar refractivity (Wildman–Crippen MR) is 75.1 cm³/mol. The summed E-state index contributed by atoms with van der Waals surface area (Å²) in [6, 6.07) is 0.450. The van der Waals surface area contributed by atoms with Crippen LogP contribution < -0.4 is 10.2 Å². The number of hydrogen-bond acceptors (Lipinski definition) is 5. The van der Waals surface area contributed by atoms with Crippen LogP contribution in [0.4, 0.5) is 16.2 Å². The normalized spacial score (nSPS) is 19.8. The first-order chi connectivity index (χ1) is 9.11. The zero-order valence-corrected chi connectivity index (χ0v) is 11.9. The quantitative estimate of drug-likeness (QED) is 0.897. The predicted octanol–water partition coefficient (Wildman–Crippen LogP) is 1.58. The van der Waals surface area contributed by atoms with Gasteiger partial charge in [-0.05, 0) is 33.9 Å². The van der Waals surface area contributed by atoms with E-state index in [9.17, 15) is 4.39 Å². The zero-order valence-electron chi connectivity index (χ0n) is 11.9. The summed E-state index contributed by atoms with van der Waals surface area (Å²) in [5.74, 6) is 0.560. The van der Waals surface area contributed by atoms with Crippen molar-refractivity contribution in [3.05, 3.63) is 12.0 Å². The van der Waals surface area contributed by atoms with E-state index in [4.69, 9.17) is 0 Å². The first-order valence-electron chi connectivity index (χ1n) is 6.79. The van der Waals surface area contributed by atoms with Crippen LogP contribution in [0.5, 0.6) is 0 Å². The van der Waals surface area contributed by atoms with Crippen molar-refractivity contribution in [3.63, 3.8) is 0 Å². The second-order valence-corrected chi connectivity index (χ2v) is 5.10. The third-order valence-corrected chi connectivity index (χ3v) is 3.49. The van der Waals surface area contributed by atoms with E-state index in [1.54, 1.807) is 0 Å². The standard InChI is InChI=1S/C13H22FN5/c1-4-15-13-16-8-11(14)12(17-13)19-7-5-6-10(9-19)18(2)3/h8,10H,4-7,9H2,1-3H3,(H,15,16,17). The van der Waals surface area contributed by atoms with Gasteiger partial charge in [0.05, 0.1) is 6.20 Å². The topological polar surface area (TPSA) is 44.3 Å². The van der Waals surface area contributed by atoms with Crippen LogP contribution in [-0.4, -0.2) is 54.6 Å². The summed E-state index contributed by atoms with van der Waals surface area (Å²) in [4.78, 5) is 12.4. The molecule has 1 aliphatic rings. The zero-order chi connectivity index (χ0) is 13.8. The summed E-state index contributed by atoms with van der Waals surface area (Å²) in [6.07, 6.45) is 3.46. The van der Waals surface area contributed by atoms with Gasteiger partial charge in [0, 0.05) is 25.7 Å². The summed E-state index contributed by atoms with van der Waals surface area (Å²) in [6.45, 7) is 4.36. The Morgan fingerprint density at radius 1 is 1.53 bits per heavy atom. The van der Waals surface area contributed by atoms with Crippen LogP contribution in [0, 0.1) is 5.82 Å². The van der Waals surface area contributed by atoms with E-state index in [0.717, 1.165) is 32.5 Å². The molecule has 0 saturated carbocycles. The summed E-state index contributed by atoms with van der Waals surface area (Å²) >= 11 is 0. The largest absolute Gasteiger partial charge is 0.354 e. The Kier molecular flexibility index (Phi) is 4.52. The van der Waals surface area contributed by atoms with Crippen LogP contribution in [0.15, 0.2) is 6.20 Å². The third kappa shape index (κ3) is 3.32. The number of likely N-dealkylation sites (N-methyl/N-ethyl adjacent to an activating group) is 1. The molecule has 1 N–H and O–H groups in total. The van der Waals surface area contributed by atoms with Gasteiger partial charge in [-0.15, -0.1) is 0 Å². The molecule has 1 atom stereocenters. The average molecular weight is 267 g/mol. The molecule has 0 aliphatic carbocycles. The van der Waals surface area contributed by atoms with Gasteiger partial charge < -0.3 is 15.1 Å². The van der Waals surface area contributed by atoms with Crippen LogP contribution in [-0.2, 0) is 0 Å². The maximum absolute atomic E-state index is 13.9. The van der Waals surface area contributed by atoms with Gasteiger partial charge >= 0.3 is 0 Å². The van der Waals surface area contributed by atoms with Gasteiger partial charge in [-0.2, -0.15) is 4.98 Å². The number of hydrogen-bond donors (Lipinski definition) is 1. The molecule has 1 aromatic heterocycles. The molecule has 0 radical (unpaired) electrons. The molecular weight excluding hydrogens is 245 g/mol. The first-order valence-corrected chi connectivity index (χ1v) is 6.79. The van der Waals surface area contributed by atoms with Crippen molar-refractivity contribution >= 4 is 11.8 Å². The van der Waals surface area contributed by atoms with E-state index in [0.29, 0.717) is 17.8 Å². The first kappa shape index (κ1) is 14.0. The Hall–Kier alpha value is -1.43. The van der Waals surface area contributed by atoms with Crippen molar-refractivity contribution in [2.75, 3.05) is 43.9 Å². The van der Waals surface area contributed by atoms with Gasteiger partial charge in [-0.3, -0.25) is 0 Å². The lowest BCUT2D eigenvalue weighted by molar-refractivity contribution is 0.257. The van der Waals surface area contributed by atoms with Crippen LogP contribution in [0.3, 0.4) is 0 Å². The smallest absolute Gasteiger partial charge is 0.224 e. The Morgan fingerprint density at radius 2 is 2.32 bits per heavy atom. The SMILES string of the molecule is CCNc1ncc(F)c(N2CCCC(N(C)C)C2)n1. The highest BCUT2D eigenvalue weighted by Crippen LogP contribution is 2.23. The fourth-order valence-electron chi connectivity index (χ4n) is 2.39. The summed E-state index contributed by atoms with van der Waals surface area (Å²) in [5, 5.41) is 3.02. The fraction of sp³-hybridized carbons (Fsp3) is 0.692. The minimum absolute atomic E-state index is 0.346. The minimum atomic E-state index is -0.346. The lowest BCUT2D eigenvalue weighted by atomic mass is 10.1. The van der Waals surface area contributed by atoms with Crippen molar-refractivity contribution in [1.29, 1.82) is 0 Å². The molecule has 1 unspecified atom stereocenters. The van der Waals surface area contributed by atoms with E-state index >= 15 is 0 Å². The van der Waals surface area contributed by atoms with Gasteiger partial charge in [0.15, 0.2) is 11.6 Å². The number of nitrogens with one attached hydrogen (secondary N) is 1. The lowest BCUT2D eigenvalue weighted by Crippen LogP contribution is -2.45. The number of anilines is 2. The molecule has 2 rings (SSSR count). The molecule has 0 amide bonds. The summed E-state index contributed by atoms with van der Waals surface area (Å²) in [5.41, 5.74) is 0. The van der Waals surface area contributed by atoms with Crippen LogP contribution >= 0.6 is 0 Å². The number of nitrogens with zero attached hydrogens (tertiary/aromatic N) is 4. The number of aromatic nitrogens is 2. The van der Waals surface area contributed by atoms with Gasteiger partial charge in [0.1, 0.15) is 0 Å². The van der Waals surface area contributed by atoms with Crippen molar-refractivity contribution in [1.82, 2.24) is 14.9 Å². The van der Waals surface area contributed by atoms with Crippen LogP contribution in [0.1, 0.15) is 19.8 Å². The number of halogens is 1. The Bertz CT molecular complexity index is 423. The Morgan fingerprint density at radius 3 is 3.00 bits per heavy atom.